The molecule has 2 rings (SSSR count). The van der Waals surface area contributed by atoms with Crippen LogP contribution in [0.4, 0.5) is 4.39 Å². The number of aliphatic carboxylic acids is 1. The Morgan fingerprint density at radius 2 is 1.70 bits per heavy atom. The summed E-state index contributed by atoms with van der Waals surface area (Å²) < 4.78 is 12.8. The van der Waals surface area contributed by atoms with Crippen LogP contribution < -0.4 is 0 Å². The molecule has 0 aliphatic heterocycles. The molecule has 0 aliphatic rings. The monoisotopic (exact) mass is 274 g/mol. The molecule has 20 heavy (non-hydrogen) atoms. The van der Waals surface area contributed by atoms with Crippen LogP contribution in [-0.2, 0) is 17.6 Å². The smallest absolute Gasteiger partial charge is 0.307 e. The van der Waals surface area contributed by atoms with Crippen LogP contribution in [0.2, 0.25) is 0 Å². The lowest BCUT2D eigenvalue weighted by atomic mass is 10.1. The van der Waals surface area contributed by atoms with Gasteiger partial charge in [-0.15, -0.1) is 0 Å². The number of carboxylic acids is 1. The predicted molar refractivity (Wildman–Crippen MR) is 72.1 cm³/mol. The van der Waals surface area contributed by atoms with Gasteiger partial charge in [0.25, 0.3) is 0 Å². The summed E-state index contributed by atoms with van der Waals surface area (Å²) in [5, 5.41) is 8.86. The molecule has 1 aromatic carbocycles. The molecule has 0 spiro atoms. The molecule has 1 aromatic heterocycles. The third kappa shape index (κ3) is 3.38. The fourth-order valence-corrected chi connectivity index (χ4v) is 2.08. The molecular formula is C15H15FN2O2. The van der Waals surface area contributed by atoms with E-state index in [1.165, 1.54) is 12.1 Å². The first-order valence-corrected chi connectivity index (χ1v) is 6.25. The van der Waals surface area contributed by atoms with Crippen LogP contribution in [-0.4, -0.2) is 21.0 Å². The fraction of sp³-hybridized carbons (Fsp3) is 0.267. The third-order valence-electron chi connectivity index (χ3n) is 3.07. The molecule has 0 atom stereocenters. The van der Waals surface area contributed by atoms with E-state index in [0.717, 1.165) is 5.56 Å². The quantitative estimate of drug-likeness (QED) is 0.930. The average molecular weight is 274 g/mol. The van der Waals surface area contributed by atoms with Crippen molar-refractivity contribution in [1.82, 2.24) is 9.97 Å². The minimum Gasteiger partial charge on any atom is -0.481 e. The minimum atomic E-state index is -0.897. The number of carboxylic acid groups (broad SMARTS) is 1. The first-order valence-electron chi connectivity index (χ1n) is 6.25. The van der Waals surface area contributed by atoms with Gasteiger partial charge in [-0.2, -0.15) is 0 Å². The van der Waals surface area contributed by atoms with E-state index in [2.05, 4.69) is 9.97 Å². The van der Waals surface area contributed by atoms with Crippen LogP contribution in [0.25, 0.3) is 0 Å². The highest BCUT2D eigenvalue weighted by atomic mass is 19.1. The summed E-state index contributed by atoms with van der Waals surface area (Å²) in [5.41, 5.74) is 2.92. The van der Waals surface area contributed by atoms with Crippen LogP contribution in [0.1, 0.15) is 28.3 Å². The average Bonchev–Trinajstić information content (AvgIpc) is 2.36. The number of rotatable bonds is 4. The second kappa shape index (κ2) is 5.77. The van der Waals surface area contributed by atoms with Gasteiger partial charge in [0, 0.05) is 23.4 Å². The molecule has 0 fully saturated rings. The molecule has 0 aliphatic carbocycles. The third-order valence-corrected chi connectivity index (χ3v) is 3.07. The largest absolute Gasteiger partial charge is 0.481 e. The molecule has 0 amide bonds. The highest BCUT2D eigenvalue weighted by Gasteiger charge is 2.12. The summed E-state index contributed by atoms with van der Waals surface area (Å²) in [7, 11) is 0. The van der Waals surface area contributed by atoms with Gasteiger partial charge >= 0.3 is 5.97 Å². The molecule has 4 nitrogen and oxygen atoms in total. The number of nitrogens with zero attached hydrogens (tertiary/aromatic N) is 2. The molecule has 0 bridgehead atoms. The summed E-state index contributed by atoms with van der Waals surface area (Å²) in [6, 6.07) is 6.17. The SMILES string of the molecule is Cc1nc(Cc2ccc(F)cc2)nc(C)c1CC(=O)O. The zero-order valence-electron chi connectivity index (χ0n) is 11.4. The van der Waals surface area contributed by atoms with Crippen molar-refractivity contribution in [3.8, 4) is 0 Å². The number of aromatic nitrogens is 2. The topological polar surface area (TPSA) is 63.1 Å². The number of aryl methyl sites for hydroxylation is 2. The Morgan fingerprint density at radius 1 is 1.15 bits per heavy atom. The number of carbonyl (C=O) groups is 1. The maximum Gasteiger partial charge on any atom is 0.307 e. The summed E-state index contributed by atoms with van der Waals surface area (Å²) in [5.74, 6) is -0.564. The Morgan fingerprint density at radius 3 is 2.20 bits per heavy atom. The fourth-order valence-electron chi connectivity index (χ4n) is 2.08. The second-order valence-corrected chi connectivity index (χ2v) is 4.66. The molecule has 0 unspecified atom stereocenters. The van der Waals surface area contributed by atoms with E-state index in [1.807, 2.05) is 0 Å². The van der Waals surface area contributed by atoms with Gasteiger partial charge in [0.2, 0.25) is 0 Å². The second-order valence-electron chi connectivity index (χ2n) is 4.66. The Kier molecular flexibility index (Phi) is 4.08. The number of hydrogen-bond acceptors (Lipinski definition) is 3. The Bertz CT molecular complexity index is 616. The van der Waals surface area contributed by atoms with Crippen molar-refractivity contribution < 1.29 is 14.3 Å². The van der Waals surface area contributed by atoms with Crippen LogP contribution in [0, 0.1) is 19.7 Å². The highest BCUT2D eigenvalue weighted by molar-refractivity contribution is 5.70. The van der Waals surface area contributed by atoms with E-state index in [0.29, 0.717) is 29.2 Å². The first-order chi connectivity index (χ1) is 9.45. The number of hydrogen-bond donors (Lipinski definition) is 1. The number of benzene rings is 1. The Hall–Kier alpha value is -2.30. The predicted octanol–water partition coefficient (Wildman–Crippen LogP) is 2.45. The molecule has 1 heterocycles. The van der Waals surface area contributed by atoms with E-state index < -0.39 is 5.97 Å². The van der Waals surface area contributed by atoms with Crippen LogP contribution in [0.3, 0.4) is 0 Å². The van der Waals surface area contributed by atoms with Gasteiger partial charge in [-0.05, 0) is 31.5 Å². The van der Waals surface area contributed by atoms with Crippen LogP contribution in [0.5, 0.6) is 0 Å². The molecule has 0 saturated heterocycles. The van der Waals surface area contributed by atoms with E-state index >= 15 is 0 Å². The van der Waals surface area contributed by atoms with Crippen molar-refractivity contribution >= 4 is 5.97 Å². The van der Waals surface area contributed by atoms with Crippen molar-refractivity contribution in [2.45, 2.75) is 26.7 Å². The normalized spacial score (nSPS) is 10.6. The van der Waals surface area contributed by atoms with E-state index in [1.54, 1.807) is 26.0 Å². The molecular weight excluding hydrogens is 259 g/mol. The van der Waals surface area contributed by atoms with E-state index in [-0.39, 0.29) is 12.2 Å². The molecule has 5 heteroatoms. The molecule has 104 valence electrons. The highest BCUT2D eigenvalue weighted by Crippen LogP contribution is 2.14. The van der Waals surface area contributed by atoms with Gasteiger partial charge < -0.3 is 5.11 Å². The molecule has 0 saturated carbocycles. The van der Waals surface area contributed by atoms with Crippen molar-refractivity contribution in [3.05, 3.63) is 58.4 Å². The summed E-state index contributed by atoms with van der Waals surface area (Å²) in [6.45, 7) is 3.56. The van der Waals surface area contributed by atoms with Gasteiger partial charge in [0.05, 0.1) is 6.42 Å². The maximum atomic E-state index is 12.8. The van der Waals surface area contributed by atoms with Gasteiger partial charge in [0.1, 0.15) is 11.6 Å². The van der Waals surface area contributed by atoms with Crippen molar-refractivity contribution in [2.24, 2.45) is 0 Å². The van der Waals surface area contributed by atoms with Crippen molar-refractivity contribution in [3.63, 3.8) is 0 Å². The summed E-state index contributed by atoms with van der Waals surface area (Å²) in [6.07, 6.45) is 0.420. The molecule has 0 radical (unpaired) electrons. The lowest BCUT2D eigenvalue weighted by Crippen LogP contribution is -2.10. The zero-order valence-corrected chi connectivity index (χ0v) is 11.4. The van der Waals surface area contributed by atoms with Gasteiger partial charge in [-0.1, -0.05) is 12.1 Å². The lowest BCUT2D eigenvalue weighted by Gasteiger charge is -2.09. The summed E-state index contributed by atoms with van der Waals surface area (Å²) in [4.78, 5) is 19.5. The number of halogens is 1. The Balaban J connectivity index is 2.26. The molecule has 1 N–H and O–H groups in total. The van der Waals surface area contributed by atoms with Crippen LogP contribution in [0.15, 0.2) is 24.3 Å². The van der Waals surface area contributed by atoms with Gasteiger partial charge in [0.15, 0.2) is 0 Å². The lowest BCUT2D eigenvalue weighted by molar-refractivity contribution is -0.136. The standard InChI is InChI=1S/C15H15FN2O2/c1-9-13(8-15(19)20)10(2)18-14(17-9)7-11-3-5-12(16)6-4-11/h3-6H,7-8H2,1-2H3,(H,19,20). The van der Waals surface area contributed by atoms with E-state index in [4.69, 9.17) is 5.11 Å². The molecule has 2 aromatic rings. The minimum absolute atomic E-state index is 0.0749. The van der Waals surface area contributed by atoms with Crippen molar-refractivity contribution in [1.29, 1.82) is 0 Å². The first kappa shape index (κ1) is 14.1. The summed E-state index contributed by atoms with van der Waals surface area (Å²) >= 11 is 0. The van der Waals surface area contributed by atoms with Gasteiger partial charge in [-0.3, -0.25) is 4.79 Å². The van der Waals surface area contributed by atoms with Crippen LogP contribution >= 0.6 is 0 Å². The Labute approximate surface area is 116 Å². The maximum absolute atomic E-state index is 12.8. The van der Waals surface area contributed by atoms with Gasteiger partial charge in [-0.25, -0.2) is 14.4 Å². The van der Waals surface area contributed by atoms with E-state index in [9.17, 15) is 9.18 Å². The van der Waals surface area contributed by atoms with Crippen molar-refractivity contribution in [2.75, 3.05) is 0 Å². The zero-order chi connectivity index (χ0) is 14.7.